The fourth-order valence-electron chi connectivity index (χ4n) is 1.55. The molecule has 5 heteroatoms. The summed E-state index contributed by atoms with van der Waals surface area (Å²) in [5, 5.41) is 2.81. The van der Waals surface area contributed by atoms with Crippen molar-refractivity contribution in [3.8, 4) is 0 Å². The molecule has 0 heterocycles. The van der Waals surface area contributed by atoms with Crippen molar-refractivity contribution < 1.29 is 9.18 Å². The van der Waals surface area contributed by atoms with Gasteiger partial charge in [-0.15, -0.1) is 0 Å². The minimum atomic E-state index is -0.282. The van der Waals surface area contributed by atoms with Crippen LogP contribution in [0, 0.1) is 9.39 Å². The summed E-state index contributed by atoms with van der Waals surface area (Å²) in [6.45, 7) is 0.372. The summed E-state index contributed by atoms with van der Waals surface area (Å²) in [6, 6.07) is 11.6. The van der Waals surface area contributed by atoms with Crippen LogP contribution in [0.2, 0.25) is 0 Å². The van der Waals surface area contributed by atoms with E-state index in [0.717, 1.165) is 13.6 Å². The van der Waals surface area contributed by atoms with Crippen molar-refractivity contribution in [2.24, 2.45) is 0 Å². The second kappa shape index (κ2) is 6.47. The van der Waals surface area contributed by atoms with E-state index in [-0.39, 0.29) is 11.7 Å². The molecule has 2 nitrogen and oxygen atoms in total. The van der Waals surface area contributed by atoms with Crippen molar-refractivity contribution in [3.63, 3.8) is 0 Å². The Morgan fingerprint density at radius 1 is 1.21 bits per heavy atom. The highest BCUT2D eigenvalue weighted by atomic mass is 127. The van der Waals surface area contributed by atoms with E-state index < -0.39 is 0 Å². The molecule has 0 unspecified atom stereocenters. The molecule has 0 bridgehead atoms. The molecule has 98 valence electrons. The van der Waals surface area contributed by atoms with E-state index >= 15 is 0 Å². The van der Waals surface area contributed by atoms with E-state index in [9.17, 15) is 9.18 Å². The van der Waals surface area contributed by atoms with E-state index in [1.54, 1.807) is 12.1 Å². The van der Waals surface area contributed by atoms with Crippen molar-refractivity contribution in [1.29, 1.82) is 0 Å². The lowest BCUT2D eigenvalue weighted by atomic mass is 10.2. The molecule has 0 fully saturated rings. The molecule has 0 saturated heterocycles. The van der Waals surface area contributed by atoms with Gasteiger partial charge in [-0.25, -0.2) is 4.39 Å². The summed E-state index contributed by atoms with van der Waals surface area (Å²) in [5.41, 5.74) is 1.45. The number of carbonyl (C=O) groups is 1. The molecule has 0 spiro atoms. The summed E-state index contributed by atoms with van der Waals surface area (Å²) >= 11 is 5.51. The molecule has 0 aliphatic rings. The highest BCUT2D eigenvalue weighted by Gasteiger charge is 2.10. The Morgan fingerprint density at radius 3 is 2.58 bits per heavy atom. The van der Waals surface area contributed by atoms with Crippen LogP contribution < -0.4 is 5.32 Å². The largest absolute Gasteiger partial charge is 0.348 e. The first-order valence-electron chi connectivity index (χ1n) is 5.54. The number of amides is 1. The van der Waals surface area contributed by atoms with Crippen LogP contribution in [0.5, 0.6) is 0 Å². The predicted octanol–water partition coefficient (Wildman–Crippen LogP) is 4.12. The van der Waals surface area contributed by atoms with Crippen LogP contribution in [0.4, 0.5) is 4.39 Å². The topological polar surface area (TPSA) is 29.1 Å². The Morgan fingerprint density at radius 2 is 1.89 bits per heavy atom. The zero-order valence-electron chi connectivity index (χ0n) is 9.79. The van der Waals surface area contributed by atoms with Crippen molar-refractivity contribution in [3.05, 3.63) is 67.5 Å². The minimum Gasteiger partial charge on any atom is -0.348 e. The lowest BCUT2D eigenvalue weighted by Gasteiger charge is -2.07. The summed E-state index contributed by atoms with van der Waals surface area (Å²) in [5.74, 6) is -0.440. The molecule has 1 N–H and O–H groups in total. The van der Waals surface area contributed by atoms with Crippen LogP contribution in [0.3, 0.4) is 0 Å². The zero-order chi connectivity index (χ0) is 13.8. The van der Waals surface area contributed by atoms with Crippen molar-refractivity contribution in [2.75, 3.05) is 0 Å². The summed E-state index contributed by atoms with van der Waals surface area (Å²) < 4.78 is 14.5. The van der Waals surface area contributed by atoms with Crippen LogP contribution in [-0.4, -0.2) is 5.91 Å². The monoisotopic (exact) mass is 433 g/mol. The van der Waals surface area contributed by atoms with Crippen LogP contribution in [0.25, 0.3) is 0 Å². The Bertz CT molecular complexity index is 601. The van der Waals surface area contributed by atoms with Gasteiger partial charge in [0.25, 0.3) is 5.91 Å². The van der Waals surface area contributed by atoms with Gasteiger partial charge in [0.05, 0.1) is 5.56 Å². The van der Waals surface area contributed by atoms with E-state index in [0.29, 0.717) is 12.1 Å². The van der Waals surface area contributed by atoms with Crippen molar-refractivity contribution in [2.45, 2.75) is 6.54 Å². The first kappa shape index (κ1) is 14.5. The normalized spacial score (nSPS) is 10.3. The highest BCUT2D eigenvalue weighted by molar-refractivity contribution is 14.1. The molecule has 0 radical (unpaired) electrons. The van der Waals surface area contributed by atoms with Crippen LogP contribution in [-0.2, 0) is 6.54 Å². The maximum absolute atomic E-state index is 12.8. The van der Waals surface area contributed by atoms with Crippen LogP contribution >= 0.6 is 38.5 Å². The first-order chi connectivity index (χ1) is 9.06. The quantitative estimate of drug-likeness (QED) is 0.724. The molecule has 0 aliphatic heterocycles. The first-order valence-corrected chi connectivity index (χ1v) is 7.41. The number of hydrogen-bond donors (Lipinski definition) is 1. The number of carbonyl (C=O) groups excluding carboxylic acids is 1. The average Bonchev–Trinajstić information content (AvgIpc) is 2.40. The number of nitrogens with one attached hydrogen (secondary N) is 1. The maximum Gasteiger partial charge on any atom is 0.252 e. The number of benzene rings is 2. The third kappa shape index (κ3) is 4.01. The van der Waals surface area contributed by atoms with Gasteiger partial charge in [-0.05, 0) is 74.4 Å². The molecule has 2 aromatic carbocycles. The van der Waals surface area contributed by atoms with E-state index in [1.807, 2.05) is 18.2 Å². The number of halogens is 3. The van der Waals surface area contributed by atoms with Crippen molar-refractivity contribution in [1.82, 2.24) is 5.32 Å². The van der Waals surface area contributed by atoms with E-state index in [2.05, 4.69) is 43.8 Å². The highest BCUT2D eigenvalue weighted by Crippen LogP contribution is 2.19. The zero-order valence-corrected chi connectivity index (χ0v) is 13.5. The van der Waals surface area contributed by atoms with Gasteiger partial charge in [0.15, 0.2) is 0 Å². The molecule has 1 amide bonds. The molecular weight excluding hydrogens is 424 g/mol. The predicted molar refractivity (Wildman–Crippen MR) is 84.4 cm³/mol. The second-order valence-corrected chi connectivity index (χ2v) is 6.03. The average molecular weight is 434 g/mol. The molecule has 19 heavy (non-hydrogen) atoms. The maximum atomic E-state index is 12.8. The summed E-state index contributed by atoms with van der Waals surface area (Å²) in [4.78, 5) is 12.0. The van der Waals surface area contributed by atoms with Gasteiger partial charge in [0.2, 0.25) is 0 Å². The van der Waals surface area contributed by atoms with Gasteiger partial charge in [0.1, 0.15) is 5.82 Å². The van der Waals surface area contributed by atoms with Crippen molar-refractivity contribution >= 4 is 44.4 Å². The van der Waals surface area contributed by atoms with Crippen LogP contribution in [0.1, 0.15) is 15.9 Å². The summed E-state index contributed by atoms with van der Waals surface area (Å²) in [7, 11) is 0. The third-order valence-corrected chi connectivity index (χ3v) is 3.90. The Labute approximate surface area is 132 Å². The third-order valence-electron chi connectivity index (χ3n) is 2.54. The Hall–Kier alpha value is -0.950. The second-order valence-electron chi connectivity index (χ2n) is 3.93. The molecule has 0 aromatic heterocycles. The van der Waals surface area contributed by atoms with Gasteiger partial charge in [-0.3, -0.25) is 4.79 Å². The molecule has 2 rings (SSSR count). The smallest absolute Gasteiger partial charge is 0.252 e. The lowest BCUT2D eigenvalue weighted by molar-refractivity contribution is 0.0950. The Kier molecular flexibility index (Phi) is 4.93. The SMILES string of the molecule is O=C(NCc1ccc(F)cc1)c1cc(I)ccc1Br. The summed E-state index contributed by atoms with van der Waals surface area (Å²) in [6.07, 6.45) is 0. The molecule has 2 aromatic rings. The Balaban J connectivity index is 2.05. The van der Waals surface area contributed by atoms with Gasteiger partial charge >= 0.3 is 0 Å². The van der Waals surface area contributed by atoms with Gasteiger partial charge in [-0.2, -0.15) is 0 Å². The van der Waals surface area contributed by atoms with Gasteiger partial charge in [-0.1, -0.05) is 12.1 Å². The molecule has 0 atom stereocenters. The number of hydrogen-bond acceptors (Lipinski definition) is 1. The molecule has 0 aliphatic carbocycles. The number of rotatable bonds is 3. The van der Waals surface area contributed by atoms with Gasteiger partial charge < -0.3 is 5.32 Å². The van der Waals surface area contributed by atoms with Crippen LogP contribution in [0.15, 0.2) is 46.9 Å². The minimum absolute atomic E-state index is 0.158. The van der Waals surface area contributed by atoms with Gasteiger partial charge in [0, 0.05) is 14.6 Å². The fourth-order valence-corrected chi connectivity index (χ4v) is 2.47. The molecule has 0 saturated carbocycles. The molecular formula is C14H10BrFINO. The van der Waals surface area contributed by atoms with E-state index in [1.165, 1.54) is 12.1 Å². The lowest BCUT2D eigenvalue weighted by Crippen LogP contribution is -2.23. The standard InChI is InChI=1S/C14H10BrFINO/c15-13-6-5-11(17)7-12(13)14(19)18-8-9-1-3-10(16)4-2-9/h1-7H,8H2,(H,18,19). The van der Waals surface area contributed by atoms with E-state index in [4.69, 9.17) is 0 Å². The fraction of sp³-hybridized carbons (Fsp3) is 0.0714.